The second-order valence-corrected chi connectivity index (χ2v) is 4.69. The Morgan fingerprint density at radius 3 is 2.53 bits per heavy atom. The molecule has 1 aliphatic rings. The molecule has 1 rings (SSSR count). The van der Waals surface area contributed by atoms with E-state index in [1.165, 1.54) is 25.7 Å². The largest absolute Gasteiger partial charge is 0.394 e. The third-order valence-corrected chi connectivity index (χ3v) is 3.58. The number of hydrogen-bond donors (Lipinski definition) is 2. The molecule has 3 nitrogen and oxygen atoms in total. The summed E-state index contributed by atoms with van der Waals surface area (Å²) in [6.07, 6.45) is 7.20. The highest BCUT2D eigenvalue weighted by Gasteiger charge is 2.34. The summed E-state index contributed by atoms with van der Waals surface area (Å²) in [6.45, 7) is 3.36. The average molecular weight is 215 g/mol. The number of ether oxygens (including phenoxy) is 1. The molecule has 1 aliphatic carbocycles. The van der Waals surface area contributed by atoms with Gasteiger partial charge in [-0.25, -0.2) is 0 Å². The maximum absolute atomic E-state index is 8.78. The van der Waals surface area contributed by atoms with Crippen LogP contribution in [-0.4, -0.2) is 30.5 Å². The minimum Gasteiger partial charge on any atom is -0.394 e. The molecule has 0 spiro atoms. The van der Waals surface area contributed by atoms with Crippen LogP contribution in [0.3, 0.4) is 0 Å². The summed E-state index contributed by atoms with van der Waals surface area (Å²) in [5.74, 6) is 0.868. The third-order valence-electron chi connectivity index (χ3n) is 3.58. The van der Waals surface area contributed by atoms with Crippen molar-refractivity contribution in [3.8, 4) is 0 Å². The Bertz CT molecular complexity index is 165. The predicted molar refractivity (Wildman–Crippen MR) is 61.7 cm³/mol. The van der Waals surface area contributed by atoms with Gasteiger partial charge in [-0.15, -0.1) is 0 Å². The molecule has 0 aliphatic heterocycles. The summed E-state index contributed by atoms with van der Waals surface area (Å²) in [5, 5.41) is 8.78. The van der Waals surface area contributed by atoms with Crippen molar-refractivity contribution in [2.24, 2.45) is 11.7 Å². The zero-order valence-electron chi connectivity index (χ0n) is 9.87. The van der Waals surface area contributed by atoms with E-state index >= 15 is 0 Å². The van der Waals surface area contributed by atoms with Crippen molar-refractivity contribution >= 4 is 0 Å². The van der Waals surface area contributed by atoms with Crippen LogP contribution in [-0.2, 0) is 4.74 Å². The Kier molecular flexibility index (Phi) is 5.58. The van der Waals surface area contributed by atoms with Gasteiger partial charge < -0.3 is 15.6 Å². The van der Waals surface area contributed by atoms with Crippen molar-refractivity contribution < 1.29 is 9.84 Å². The van der Waals surface area contributed by atoms with E-state index < -0.39 is 0 Å². The normalized spacial score (nSPS) is 31.8. The summed E-state index contributed by atoms with van der Waals surface area (Å²) in [5.41, 5.74) is 5.66. The maximum Gasteiger partial charge on any atom is 0.0805 e. The number of aliphatic hydroxyl groups excluding tert-OH is 1. The molecule has 0 amide bonds. The fourth-order valence-electron chi connectivity index (χ4n) is 2.57. The Hall–Kier alpha value is -0.120. The highest BCUT2D eigenvalue weighted by Crippen LogP contribution is 2.36. The van der Waals surface area contributed by atoms with E-state index in [-0.39, 0.29) is 12.2 Å². The molecule has 0 aromatic carbocycles. The second-order valence-electron chi connectivity index (χ2n) is 4.69. The molecular weight excluding hydrogens is 190 g/mol. The van der Waals surface area contributed by atoms with Gasteiger partial charge >= 0.3 is 0 Å². The molecule has 1 fully saturated rings. The second kappa shape index (κ2) is 6.46. The van der Waals surface area contributed by atoms with Gasteiger partial charge in [0.05, 0.1) is 18.8 Å². The highest BCUT2D eigenvalue weighted by molar-refractivity contribution is 4.88. The zero-order valence-corrected chi connectivity index (χ0v) is 9.87. The molecule has 0 atom stereocenters. The van der Waals surface area contributed by atoms with E-state index in [0.29, 0.717) is 13.2 Å². The van der Waals surface area contributed by atoms with Gasteiger partial charge in [-0.05, 0) is 31.6 Å². The number of nitrogens with two attached hydrogens (primary N) is 1. The van der Waals surface area contributed by atoms with Crippen LogP contribution in [0.15, 0.2) is 0 Å². The first kappa shape index (κ1) is 12.9. The summed E-state index contributed by atoms with van der Waals surface area (Å²) in [4.78, 5) is 0. The molecule has 0 heterocycles. The molecule has 90 valence electrons. The Morgan fingerprint density at radius 2 is 2.07 bits per heavy atom. The summed E-state index contributed by atoms with van der Waals surface area (Å²) >= 11 is 0. The molecular formula is C12H25NO2. The quantitative estimate of drug-likeness (QED) is 0.709. The number of rotatable bonds is 6. The first-order valence-electron chi connectivity index (χ1n) is 6.21. The van der Waals surface area contributed by atoms with Gasteiger partial charge in [0.2, 0.25) is 0 Å². The van der Waals surface area contributed by atoms with Crippen LogP contribution in [0.4, 0.5) is 0 Å². The van der Waals surface area contributed by atoms with Crippen molar-refractivity contribution in [3.63, 3.8) is 0 Å². The fraction of sp³-hybridized carbons (Fsp3) is 1.00. The van der Waals surface area contributed by atoms with Crippen molar-refractivity contribution in [2.45, 2.75) is 51.0 Å². The van der Waals surface area contributed by atoms with Crippen molar-refractivity contribution in [3.05, 3.63) is 0 Å². The first-order chi connectivity index (χ1) is 7.26. The number of hydrogen-bond acceptors (Lipinski definition) is 3. The molecule has 3 N–H and O–H groups in total. The topological polar surface area (TPSA) is 55.5 Å². The van der Waals surface area contributed by atoms with Crippen LogP contribution in [0.2, 0.25) is 0 Å². The van der Waals surface area contributed by atoms with Gasteiger partial charge in [0.15, 0.2) is 0 Å². The monoisotopic (exact) mass is 215 g/mol. The molecule has 0 unspecified atom stereocenters. The van der Waals surface area contributed by atoms with Crippen LogP contribution in [0.5, 0.6) is 0 Å². The molecule has 0 aromatic heterocycles. The van der Waals surface area contributed by atoms with E-state index in [1.54, 1.807) is 0 Å². The maximum atomic E-state index is 8.78. The summed E-state index contributed by atoms with van der Waals surface area (Å²) < 4.78 is 5.72. The van der Waals surface area contributed by atoms with E-state index in [4.69, 9.17) is 15.6 Å². The lowest BCUT2D eigenvalue weighted by Gasteiger charge is -2.39. The zero-order chi connectivity index (χ0) is 11.1. The minimum absolute atomic E-state index is 0.0974. The van der Waals surface area contributed by atoms with Gasteiger partial charge in [0.1, 0.15) is 0 Å². The molecule has 3 heteroatoms. The van der Waals surface area contributed by atoms with Gasteiger partial charge in [-0.2, -0.15) is 0 Å². The standard InChI is InChI=1S/C12H25NO2/c1-2-3-11-4-6-12(10-13,7-5-11)15-9-8-14/h11,14H,2-10,13H2,1H3. The molecule has 0 bridgehead atoms. The van der Waals surface area contributed by atoms with E-state index in [1.807, 2.05) is 0 Å². The van der Waals surface area contributed by atoms with Crippen LogP contribution in [0.1, 0.15) is 45.4 Å². The molecule has 0 radical (unpaired) electrons. The van der Waals surface area contributed by atoms with Crippen LogP contribution < -0.4 is 5.73 Å². The van der Waals surface area contributed by atoms with Gasteiger partial charge in [0.25, 0.3) is 0 Å². The minimum atomic E-state index is -0.132. The number of aliphatic hydroxyl groups is 1. The van der Waals surface area contributed by atoms with E-state index in [2.05, 4.69) is 6.92 Å². The fourth-order valence-corrected chi connectivity index (χ4v) is 2.57. The van der Waals surface area contributed by atoms with Crippen LogP contribution in [0.25, 0.3) is 0 Å². The Labute approximate surface area is 93.0 Å². The van der Waals surface area contributed by atoms with Gasteiger partial charge in [-0.3, -0.25) is 0 Å². The average Bonchev–Trinajstić information content (AvgIpc) is 2.29. The molecule has 0 aromatic rings. The highest BCUT2D eigenvalue weighted by atomic mass is 16.5. The predicted octanol–water partition coefficient (Wildman–Crippen LogP) is 1.68. The first-order valence-corrected chi connectivity index (χ1v) is 6.21. The van der Waals surface area contributed by atoms with Crippen molar-refractivity contribution in [1.82, 2.24) is 0 Å². The molecule has 0 saturated heterocycles. The molecule has 15 heavy (non-hydrogen) atoms. The van der Waals surface area contributed by atoms with Gasteiger partial charge in [-0.1, -0.05) is 19.8 Å². The van der Waals surface area contributed by atoms with Crippen LogP contribution >= 0.6 is 0 Å². The smallest absolute Gasteiger partial charge is 0.0805 e. The van der Waals surface area contributed by atoms with E-state index in [0.717, 1.165) is 18.8 Å². The third kappa shape index (κ3) is 3.74. The summed E-state index contributed by atoms with van der Waals surface area (Å²) in [7, 11) is 0. The lowest BCUT2D eigenvalue weighted by Crippen LogP contribution is -2.44. The summed E-state index contributed by atoms with van der Waals surface area (Å²) in [6, 6.07) is 0. The lowest BCUT2D eigenvalue weighted by molar-refractivity contribution is -0.0814. The van der Waals surface area contributed by atoms with Crippen molar-refractivity contribution in [2.75, 3.05) is 19.8 Å². The SMILES string of the molecule is CCCC1CCC(CN)(OCCO)CC1. The van der Waals surface area contributed by atoms with E-state index in [9.17, 15) is 0 Å². The van der Waals surface area contributed by atoms with Gasteiger partial charge in [0, 0.05) is 6.54 Å². The lowest BCUT2D eigenvalue weighted by atomic mass is 9.77. The van der Waals surface area contributed by atoms with Crippen molar-refractivity contribution in [1.29, 1.82) is 0 Å². The Balaban J connectivity index is 2.36. The Morgan fingerprint density at radius 1 is 1.40 bits per heavy atom. The van der Waals surface area contributed by atoms with Crippen LogP contribution in [0, 0.1) is 5.92 Å². The molecule has 1 saturated carbocycles.